The Bertz CT molecular complexity index is 530. The predicted molar refractivity (Wildman–Crippen MR) is 56.6 cm³/mol. The van der Waals surface area contributed by atoms with Crippen LogP contribution in [0.25, 0.3) is 0 Å². The van der Waals surface area contributed by atoms with Gasteiger partial charge in [0.15, 0.2) is 6.23 Å². The Morgan fingerprint density at radius 2 is 2.11 bits per heavy atom. The van der Waals surface area contributed by atoms with Crippen molar-refractivity contribution in [1.82, 2.24) is 9.55 Å². The number of hydrogen-bond donors (Lipinski definition) is 4. The molecule has 1 aromatic rings. The average Bonchev–Trinajstić information content (AvgIpc) is 2.36. The van der Waals surface area contributed by atoms with Crippen LogP contribution in [0.15, 0.2) is 21.9 Å². The number of nitrogens with one attached hydrogen (secondary N) is 1. The van der Waals surface area contributed by atoms with Crippen molar-refractivity contribution >= 4 is 0 Å². The Kier molecular flexibility index (Phi) is 4.89. The van der Waals surface area contributed by atoms with Gasteiger partial charge < -0.3 is 20.1 Å². The van der Waals surface area contributed by atoms with E-state index in [-0.39, 0.29) is 0 Å². The molecule has 1 heterocycles. The number of H-pyrrole nitrogens is 1. The van der Waals surface area contributed by atoms with Gasteiger partial charge >= 0.3 is 5.69 Å². The lowest BCUT2D eigenvalue weighted by atomic mass is 10.3. The number of alkyl halides is 2. The second-order valence-electron chi connectivity index (χ2n) is 3.55. The molecule has 0 bridgehead atoms. The Hall–Kier alpha value is -1.62. The van der Waals surface area contributed by atoms with E-state index in [1.807, 2.05) is 0 Å². The molecule has 8 nitrogen and oxygen atoms in total. The molecule has 0 aliphatic heterocycles. The monoisotopic (exact) mass is 282 g/mol. The molecule has 0 aliphatic carbocycles. The molecule has 0 radical (unpaired) electrons. The summed E-state index contributed by atoms with van der Waals surface area (Å²) in [5, 5.41) is 26.1. The molecular formula is C9H12F2N2O6. The van der Waals surface area contributed by atoms with E-state index in [4.69, 9.17) is 15.3 Å². The fourth-order valence-electron chi connectivity index (χ4n) is 1.23. The molecule has 1 rings (SSSR count). The van der Waals surface area contributed by atoms with Crippen LogP contribution in [0, 0.1) is 0 Å². The van der Waals surface area contributed by atoms with Gasteiger partial charge in [-0.15, -0.1) is 0 Å². The summed E-state index contributed by atoms with van der Waals surface area (Å²) >= 11 is 0. The molecule has 0 fully saturated rings. The van der Waals surface area contributed by atoms with E-state index in [0.29, 0.717) is 4.57 Å². The van der Waals surface area contributed by atoms with Crippen LogP contribution in [-0.2, 0) is 4.74 Å². The Labute approximate surface area is 104 Å². The number of rotatable bonds is 6. The van der Waals surface area contributed by atoms with Crippen LogP contribution in [0.3, 0.4) is 0 Å². The smallest absolute Gasteiger partial charge is 0.330 e. The predicted octanol–water partition coefficient (Wildman–Crippen LogP) is -2.01. The average molecular weight is 282 g/mol. The molecule has 0 saturated carbocycles. The number of aromatic nitrogens is 2. The zero-order chi connectivity index (χ0) is 14.6. The van der Waals surface area contributed by atoms with Crippen LogP contribution < -0.4 is 11.2 Å². The summed E-state index contributed by atoms with van der Waals surface area (Å²) < 4.78 is 31.1. The van der Waals surface area contributed by atoms with E-state index in [1.54, 1.807) is 4.98 Å². The first kappa shape index (κ1) is 15.4. The summed E-state index contributed by atoms with van der Waals surface area (Å²) in [6, 6.07) is 0.887. The van der Waals surface area contributed by atoms with Gasteiger partial charge in [-0.2, -0.15) is 0 Å². The van der Waals surface area contributed by atoms with Crippen LogP contribution in [0.1, 0.15) is 6.23 Å². The lowest BCUT2D eigenvalue weighted by molar-refractivity contribution is -0.297. The molecule has 19 heavy (non-hydrogen) atoms. The minimum Gasteiger partial charge on any atom is -0.392 e. The quantitative estimate of drug-likeness (QED) is 0.478. The third-order valence-corrected chi connectivity index (χ3v) is 2.22. The van der Waals surface area contributed by atoms with Gasteiger partial charge in [-0.25, -0.2) is 13.6 Å². The number of ether oxygens (including phenoxy) is 1. The highest BCUT2D eigenvalue weighted by molar-refractivity contribution is 4.85. The first-order valence-electron chi connectivity index (χ1n) is 5.06. The van der Waals surface area contributed by atoms with Gasteiger partial charge in [0.05, 0.1) is 6.61 Å². The van der Waals surface area contributed by atoms with Crippen molar-refractivity contribution in [2.24, 2.45) is 0 Å². The standard InChI is InChI=1S/C9H12F2N2O6/c10-7(17)9(11,4-15)19-6(3-14)13-2-1-5(16)12-8(13)18/h1-2,6-7,14-15,17H,3-4H2,(H,12,16,18)/t6?,7-,9-/m1/s1. The lowest BCUT2D eigenvalue weighted by Gasteiger charge is -2.28. The highest BCUT2D eigenvalue weighted by Crippen LogP contribution is 2.24. The zero-order valence-corrected chi connectivity index (χ0v) is 9.49. The molecule has 0 saturated heterocycles. The summed E-state index contributed by atoms with van der Waals surface area (Å²) in [6.45, 7) is -2.51. The van der Waals surface area contributed by atoms with Gasteiger partial charge in [0.2, 0.25) is 0 Å². The lowest BCUT2D eigenvalue weighted by Crippen LogP contribution is -2.46. The van der Waals surface area contributed by atoms with Crippen molar-refractivity contribution in [3.63, 3.8) is 0 Å². The van der Waals surface area contributed by atoms with Crippen LogP contribution in [0.5, 0.6) is 0 Å². The summed E-state index contributed by atoms with van der Waals surface area (Å²) in [5.41, 5.74) is -1.78. The van der Waals surface area contributed by atoms with Gasteiger partial charge in [-0.3, -0.25) is 14.3 Å². The molecular weight excluding hydrogens is 270 g/mol. The first-order chi connectivity index (χ1) is 8.84. The summed E-state index contributed by atoms with van der Waals surface area (Å²) in [6.07, 6.45) is -4.05. The normalized spacial score (nSPS) is 17.7. The number of aromatic amines is 1. The summed E-state index contributed by atoms with van der Waals surface area (Å²) in [4.78, 5) is 24.0. The SMILES string of the molecule is O=c1ccn(C(CO)O[C@](F)(CO)[C@@H](O)F)c(=O)[nH]1. The number of hydrogen-bond acceptors (Lipinski definition) is 6. The van der Waals surface area contributed by atoms with Crippen LogP contribution in [-0.4, -0.2) is 50.3 Å². The van der Waals surface area contributed by atoms with Gasteiger partial charge in [-0.1, -0.05) is 0 Å². The number of aliphatic hydroxyl groups is 3. The fourth-order valence-corrected chi connectivity index (χ4v) is 1.23. The maximum Gasteiger partial charge on any atom is 0.330 e. The van der Waals surface area contributed by atoms with E-state index in [9.17, 15) is 18.4 Å². The molecule has 1 unspecified atom stereocenters. The number of halogens is 2. The third kappa shape index (κ3) is 3.44. The highest BCUT2D eigenvalue weighted by atomic mass is 19.2. The molecule has 0 spiro atoms. The molecule has 4 N–H and O–H groups in total. The maximum absolute atomic E-state index is 13.6. The molecule has 1 aromatic heterocycles. The van der Waals surface area contributed by atoms with E-state index >= 15 is 0 Å². The third-order valence-electron chi connectivity index (χ3n) is 2.22. The Morgan fingerprint density at radius 1 is 1.47 bits per heavy atom. The van der Waals surface area contributed by atoms with Gasteiger partial charge in [0.25, 0.3) is 17.8 Å². The molecule has 0 amide bonds. The van der Waals surface area contributed by atoms with Gasteiger partial charge in [0, 0.05) is 12.3 Å². The maximum atomic E-state index is 13.6. The topological polar surface area (TPSA) is 125 Å². The van der Waals surface area contributed by atoms with E-state index in [0.717, 1.165) is 12.3 Å². The van der Waals surface area contributed by atoms with Gasteiger partial charge in [-0.05, 0) is 0 Å². The van der Waals surface area contributed by atoms with Crippen molar-refractivity contribution in [1.29, 1.82) is 0 Å². The molecule has 0 aliphatic rings. The van der Waals surface area contributed by atoms with E-state index < -0.39 is 42.9 Å². The minimum atomic E-state index is -3.51. The van der Waals surface area contributed by atoms with Gasteiger partial charge in [0.1, 0.15) is 6.61 Å². The number of nitrogens with zero attached hydrogens (tertiary/aromatic N) is 1. The van der Waals surface area contributed by atoms with Crippen molar-refractivity contribution in [3.05, 3.63) is 33.1 Å². The highest BCUT2D eigenvalue weighted by Gasteiger charge is 2.42. The summed E-state index contributed by atoms with van der Waals surface area (Å²) in [5.74, 6) is -3.51. The summed E-state index contributed by atoms with van der Waals surface area (Å²) in [7, 11) is 0. The second kappa shape index (κ2) is 6.02. The fraction of sp³-hybridized carbons (Fsp3) is 0.556. The van der Waals surface area contributed by atoms with E-state index in [2.05, 4.69) is 4.74 Å². The zero-order valence-electron chi connectivity index (χ0n) is 9.49. The minimum absolute atomic E-state index is 0.563. The largest absolute Gasteiger partial charge is 0.392 e. The molecule has 3 atom stereocenters. The molecule has 108 valence electrons. The molecule has 0 aromatic carbocycles. The van der Waals surface area contributed by atoms with Crippen molar-refractivity contribution < 1.29 is 28.8 Å². The Morgan fingerprint density at radius 3 is 2.53 bits per heavy atom. The van der Waals surface area contributed by atoms with Crippen molar-refractivity contribution in [3.8, 4) is 0 Å². The second-order valence-corrected chi connectivity index (χ2v) is 3.55. The van der Waals surface area contributed by atoms with Crippen LogP contribution in [0.4, 0.5) is 8.78 Å². The first-order valence-corrected chi connectivity index (χ1v) is 5.06. The van der Waals surface area contributed by atoms with Crippen LogP contribution in [0.2, 0.25) is 0 Å². The van der Waals surface area contributed by atoms with Crippen LogP contribution >= 0.6 is 0 Å². The van der Waals surface area contributed by atoms with Crippen molar-refractivity contribution in [2.45, 2.75) is 18.4 Å². The van der Waals surface area contributed by atoms with E-state index in [1.165, 1.54) is 0 Å². The Balaban J connectivity index is 3.08. The molecule has 10 heteroatoms. The van der Waals surface area contributed by atoms with Crippen molar-refractivity contribution in [2.75, 3.05) is 13.2 Å². The number of aliphatic hydroxyl groups excluding tert-OH is 3.